The van der Waals surface area contributed by atoms with Crippen LogP contribution in [0.5, 0.6) is 0 Å². The van der Waals surface area contributed by atoms with Crippen molar-refractivity contribution in [2.24, 2.45) is 0 Å². The smallest absolute Gasteiger partial charge is 0.339 e. The van der Waals surface area contributed by atoms with E-state index >= 15 is 0 Å². The highest BCUT2D eigenvalue weighted by atomic mass is 28.4. The molecule has 0 amide bonds. The quantitative estimate of drug-likeness (QED) is 0.426. The Kier molecular flexibility index (Phi) is 5.65. The average molecular weight is 248 g/mol. The van der Waals surface area contributed by atoms with Crippen LogP contribution in [0.15, 0.2) is 0 Å². The Bertz CT molecular complexity index is 233. The molecule has 5 heteroatoms. The standard InChI is InChI=1S/C11H24O4Si/c1-9(14-15-10(2)12)8-13-16(6,7)11(3,4)5/h9H,8H2,1-7H3. The molecule has 0 saturated carbocycles. The van der Waals surface area contributed by atoms with Crippen LogP contribution >= 0.6 is 0 Å². The van der Waals surface area contributed by atoms with E-state index in [9.17, 15) is 4.79 Å². The minimum Gasteiger partial charge on any atom is -0.414 e. The lowest BCUT2D eigenvalue weighted by Gasteiger charge is -2.36. The summed E-state index contributed by atoms with van der Waals surface area (Å²) in [6.07, 6.45) is -0.238. The van der Waals surface area contributed by atoms with Gasteiger partial charge in [-0.25, -0.2) is 4.79 Å². The highest BCUT2D eigenvalue weighted by Gasteiger charge is 2.37. The normalized spacial score (nSPS) is 14.7. The summed E-state index contributed by atoms with van der Waals surface area (Å²) in [5.74, 6) is -0.445. The van der Waals surface area contributed by atoms with Gasteiger partial charge in [0.2, 0.25) is 0 Å². The van der Waals surface area contributed by atoms with Crippen molar-refractivity contribution in [2.45, 2.75) is 58.9 Å². The van der Waals surface area contributed by atoms with Gasteiger partial charge in [-0.05, 0) is 25.1 Å². The SMILES string of the molecule is CC(=O)OOC(C)CO[Si](C)(C)C(C)(C)C. The molecule has 0 spiro atoms. The van der Waals surface area contributed by atoms with Crippen LogP contribution in [0, 0.1) is 0 Å². The van der Waals surface area contributed by atoms with Gasteiger partial charge < -0.3 is 4.43 Å². The van der Waals surface area contributed by atoms with Crippen molar-refractivity contribution >= 4 is 14.3 Å². The van der Waals surface area contributed by atoms with Crippen molar-refractivity contribution in [1.29, 1.82) is 0 Å². The van der Waals surface area contributed by atoms with E-state index in [1.54, 1.807) is 0 Å². The average Bonchev–Trinajstić information content (AvgIpc) is 2.09. The molecule has 1 unspecified atom stereocenters. The summed E-state index contributed by atoms with van der Waals surface area (Å²) >= 11 is 0. The van der Waals surface area contributed by atoms with Crippen molar-refractivity contribution in [2.75, 3.05) is 6.61 Å². The predicted octanol–water partition coefficient (Wildman–Crippen LogP) is 2.89. The first-order valence-corrected chi connectivity index (χ1v) is 8.45. The second-order valence-electron chi connectivity index (χ2n) is 5.55. The Morgan fingerprint density at radius 2 is 1.81 bits per heavy atom. The van der Waals surface area contributed by atoms with Gasteiger partial charge in [-0.15, -0.1) is 0 Å². The van der Waals surface area contributed by atoms with E-state index in [4.69, 9.17) is 9.31 Å². The van der Waals surface area contributed by atoms with E-state index in [2.05, 4.69) is 38.8 Å². The molecule has 0 aromatic heterocycles. The number of carbonyl (C=O) groups is 1. The molecule has 0 aromatic carbocycles. The number of hydrogen-bond acceptors (Lipinski definition) is 4. The maximum atomic E-state index is 10.5. The van der Waals surface area contributed by atoms with Gasteiger partial charge in [0.1, 0.15) is 6.10 Å². The second kappa shape index (κ2) is 5.79. The van der Waals surface area contributed by atoms with Gasteiger partial charge >= 0.3 is 5.97 Å². The topological polar surface area (TPSA) is 44.8 Å². The zero-order chi connectivity index (χ0) is 13.0. The first-order chi connectivity index (χ1) is 7.06. The van der Waals surface area contributed by atoms with E-state index in [1.165, 1.54) is 6.92 Å². The van der Waals surface area contributed by atoms with Crippen molar-refractivity contribution in [3.05, 3.63) is 0 Å². The van der Waals surface area contributed by atoms with Gasteiger partial charge in [-0.1, -0.05) is 20.8 Å². The second-order valence-corrected chi connectivity index (χ2v) is 10.4. The van der Waals surface area contributed by atoms with E-state index < -0.39 is 14.3 Å². The number of hydrogen-bond donors (Lipinski definition) is 0. The Morgan fingerprint density at radius 1 is 1.31 bits per heavy atom. The van der Waals surface area contributed by atoms with Crippen LogP contribution in [0.2, 0.25) is 18.1 Å². The van der Waals surface area contributed by atoms with E-state index in [0.717, 1.165) is 0 Å². The third kappa shape index (κ3) is 5.63. The Morgan fingerprint density at radius 3 is 2.19 bits per heavy atom. The predicted molar refractivity (Wildman–Crippen MR) is 65.5 cm³/mol. The summed E-state index contributed by atoms with van der Waals surface area (Å²) in [4.78, 5) is 19.8. The van der Waals surface area contributed by atoms with E-state index in [-0.39, 0.29) is 11.1 Å². The lowest BCUT2D eigenvalue weighted by Crippen LogP contribution is -2.42. The third-order valence-corrected chi connectivity index (χ3v) is 7.32. The van der Waals surface area contributed by atoms with Crippen LogP contribution in [0.1, 0.15) is 34.6 Å². The van der Waals surface area contributed by atoms with E-state index in [1.807, 2.05) is 6.92 Å². The maximum Gasteiger partial charge on any atom is 0.339 e. The zero-order valence-electron chi connectivity index (χ0n) is 11.4. The highest BCUT2D eigenvalue weighted by Crippen LogP contribution is 2.36. The van der Waals surface area contributed by atoms with Gasteiger partial charge in [0.15, 0.2) is 8.32 Å². The van der Waals surface area contributed by atoms with Crippen LogP contribution < -0.4 is 0 Å². The summed E-state index contributed by atoms with van der Waals surface area (Å²) in [6.45, 7) is 14.4. The molecule has 0 aliphatic heterocycles. The van der Waals surface area contributed by atoms with Crippen LogP contribution in [-0.2, 0) is 19.0 Å². The summed E-state index contributed by atoms with van der Waals surface area (Å²) in [5, 5.41) is 0.175. The molecule has 0 aliphatic carbocycles. The first-order valence-electron chi connectivity index (χ1n) is 5.54. The fourth-order valence-corrected chi connectivity index (χ4v) is 1.80. The summed E-state index contributed by atoms with van der Waals surface area (Å²) < 4.78 is 5.91. The Hall–Kier alpha value is -0.393. The first kappa shape index (κ1) is 15.6. The largest absolute Gasteiger partial charge is 0.414 e. The molecule has 0 saturated heterocycles. The van der Waals surface area contributed by atoms with Crippen LogP contribution in [-0.4, -0.2) is 27.0 Å². The molecule has 0 radical (unpaired) electrons. The van der Waals surface area contributed by atoms with Gasteiger partial charge in [0, 0.05) is 6.92 Å². The lowest BCUT2D eigenvalue weighted by atomic mass is 10.2. The van der Waals surface area contributed by atoms with Crippen molar-refractivity contribution in [3.8, 4) is 0 Å². The maximum absolute atomic E-state index is 10.5. The lowest BCUT2D eigenvalue weighted by molar-refractivity contribution is -0.296. The number of rotatable bonds is 5. The molecule has 0 aromatic rings. The molecular formula is C11H24O4Si. The fourth-order valence-electron chi connectivity index (χ4n) is 0.720. The minimum absolute atomic E-state index is 0.175. The van der Waals surface area contributed by atoms with Crippen molar-refractivity contribution in [1.82, 2.24) is 0 Å². The highest BCUT2D eigenvalue weighted by molar-refractivity contribution is 6.74. The molecule has 1 atom stereocenters. The zero-order valence-corrected chi connectivity index (χ0v) is 12.4. The van der Waals surface area contributed by atoms with Gasteiger partial charge in [0.25, 0.3) is 0 Å². The Balaban J connectivity index is 4.00. The van der Waals surface area contributed by atoms with Gasteiger partial charge in [0.05, 0.1) is 6.61 Å². The molecule has 96 valence electrons. The van der Waals surface area contributed by atoms with Crippen LogP contribution in [0.4, 0.5) is 0 Å². The Labute approximate surface area is 99.3 Å². The van der Waals surface area contributed by atoms with Crippen LogP contribution in [0.25, 0.3) is 0 Å². The minimum atomic E-state index is -1.74. The van der Waals surface area contributed by atoms with Gasteiger partial charge in [-0.2, -0.15) is 4.89 Å². The summed E-state index contributed by atoms with van der Waals surface area (Å²) in [6, 6.07) is 0. The molecule has 0 heterocycles. The fraction of sp³-hybridized carbons (Fsp3) is 0.909. The molecular weight excluding hydrogens is 224 g/mol. The molecule has 0 fully saturated rings. The molecule has 0 aliphatic rings. The van der Waals surface area contributed by atoms with Crippen molar-refractivity contribution < 1.29 is 19.0 Å². The van der Waals surface area contributed by atoms with Gasteiger partial charge in [-0.3, -0.25) is 4.89 Å². The third-order valence-electron chi connectivity index (χ3n) is 2.81. The molecule has 0 bridgehead atoms. The summed E-state index contributed by atoms with van der Waals surface area (Å²) in [5.41, 5.74) is 0. The molecule has 0 rings (SSSR count). The van der Waals surface area contributed by atoms with E-state index in [0.29, 0.717) is 6.61 Å². The monoisotopic (exact) mass is 248 g/mol. The van der Waals surface area contributed by atoms with Crippen molar-refractivity contribution in [3.63, 3.8) is 0 Å². The van der Waals surface area contributed by atoms with Crippen LogP contribution in [0.3, 0.4) is 0 Å². The summed E-state index contributed by atoms with van der Waals surface area (Å²) in [7, 11) is -1.74. The number of carbonyl (C=O) groups excluding carboxylic acids is 1. The molecule has 0 N–H and O–H groups in total. The molecule has 4 nitrogen and oxygen atoms in total. The molecule has 16 heavy (non-hydrogen) atoms.